The molecule has 5 heteroatoms. The monoisotopic (exact) mass is 242 g/mol. The van der Waals surface area contributed by atoms with Gasteiger partial charge in [-0.25, -0.2) is 14.9 Å². The zero-order valence-electron chi connectivity index (χ0n) is 10.7. The quantitative estimate of drug-likeness (QED) is 0.779. The van der Waals surface area contributed by atoms with Gasteiger partial charge >= 0.3 is 12.1 Å². The van der Waals surface area contributed by atoms with E-state index in [2.05, 4.69) is 20.8 Å². The Bertz CT molecular complexity index is 291. The molecule has 0 heterocycles. The first kappa shape index (κ1) is 13.8. The van der Waals surface area contributed by atoms with E-state index in [0.717, 1.165) is 12.8 Å². The van der Waals surface area contributed by atoms with Crippen molar-refractivity contribution in [2.24, 2.45) is 23.5 Å². The van der Waals surface area contributed by atoms with Crippen LogP contribution in [0.2, 0.25) is 0 Å². The van der Waals surface area contributed by atoms with Crippen LogP contribution in [0, 0.1) is 17.8 Å². The van der Waals surface area contributed by atoms with Gasteiger partial charge in [0, 0.05) is 0 Å². The fourth-order valence-electron chi connectivity index (χ4n) is 2.52. The lowest BCUT2D eigenvalue weighted by atomic mass is 9.75. The van der Waals surface area contributed by atoms with Crippen molar-refractivity contribution in [2.75, 3.05) is 0 Å². The maximum atomic E-state index is 11.4. The van der Waals surface area contributed by atoms with Gasteiger partial charge in [0.25, 0.3) is 0 Å². The third kappa shape index (κ3) is 4.24. The van der Waals surface area contributed by atoms with E-state index in [9.17, 15) is 9.59 Å². The van der Waals surface area contributed by atoms with Crippen LogP contribution in [0.15, 0.2) is 0 Å². The van der Waals surface area contributed by atoms with Crippen molar-refractivity contribution in [3.8, 4) is 0 Å². The number of alkyl carbamates (subject to hydrolysis) is 1. The van der Waals surface area contributed by atoms with Crippen molar-refractivity contribution >= 4 is 12.1 Å². The molecule has 1 fully saturated rings. The first-order chi connectivity index (χ1) is 7.90. The zero-order valence-corrected chi connectivity index (χ0v) is 10.7. The minimum atomic E-state index is -0.875. The zero-order chi connectivity index (χ0) is 13.0. The number of rotatable bonds is 2. The second-order valence-electron chi connectivity index (χ2n) is 5.26. The molecule has 98 valence electrons. The Balaban J connectivity index is 2.57. The molecule has 0 aliphatic heterocycles. The Morgan fingerprint density at radius 1 is 1.35 bits per heavy atom. The van der Waals surface area contributed by atoms with Crippen LogP contribution in [0.4, 0.5) is 9.59 Å². The normalized spacial score (nSPS) is 28.8. The van der Waals surface area contributed by atoms with Gasteiger partial charge in [-0.15, -0.1) is 0 Å². The number of nitrogens with two attached hydrogens (primary N) is 1. The topological polar surface area (TPSA) is 81.4 Å². The lowest BCUT2D eigenvalue weighted by Crippen LogP contribution is -2.42. The average molecular weight is 242 g/mol. The number of primary amides is 1. The van der Waals surface area contributed by atoms with Crippen LogP contribution in [0.25, 0.3) is 0 Å². The van der Waals surface area contributed by atoms with Gasteiger partial charge in [0.1, 0.15) is 6.10 Å². The van der Waals surface area contributed by atoms with E-state index in [1.54, 1.807) is 0 Å². The molecule has 3 unspecified atom stereocenters. The van der Waals surface area contributed by atoms with Gasteiger partial charge in [0.2, 0.25) is 0 Å². The number of carbonyl (C=O) groups is 2. The lowest BCUT2D eigenvalue weighted by Gasteiger charge is -2.36. The summed E-state index contributed by atoms with van der Waals surface area (Å²) in [7, 11) is 0. The third-order valence-electron chi connectivity index (χ3n) is 3.44. The molecule has 17 heavy (non-hydrogen) atoms. The average Bonchev–Trinajstić information content (AvgIpc) is 2.15. The summed E-state index contributed by atoms with van der Waals surface area (Å²) in [5.41, 5.74) is 4.87. The van der Waals surface area contributed by atoms with Crippen LogP contribution in [-0.2, 0) is 4.74 Å². The molecule has 3 amide bonds. The number of ether oxygens (including phenoxy) is 1. The smallest absolute Gasteiger partial charge is 0.415 e. The van der Waals surface area contributed by atoms with Crippen molar-refractivity contribution in [3.63, 3.8) is 0 Å². The highest BCUT2D eigenvalue weighted by Crippen LogP contribution is 2.35. The predicted molar refractivity (Wildman–Crippen MR) is 64.3 cm³/mol. The molecule has 3 N–H and O–H groups in total. The van der Waals surface area contributed by atoms with Gasteiger partial charge in [0.15, 0.2) is 0 Å². The lowest BCUT2D eigenvalue weighted by molar-refractivity contribution is 0.00766. The summed E-state index contributed by atoms with van der Waals surface area (Å²) in [6, 6.07) is -0.875. The summed E-state index contributed by atoms with van der Waals surface area (Å²) in [5, 5.41) is 1.94. The van der Waals surface area contributed by atoms with Gasteiger partial charge in [-0.3, -0.25) is 0 Å². The predicted octanol–water partition coefficient (Wildman–Crippen LogP) is 2.25. The summed E-state index contributed by atoms with van der Waals surface area (Å²) < 4.78 is 5.30. The minimum Gasteiger partial charge on any atom is -0.446 e. The minimum absolute atomic E-state index is 0.113. The molecule has 0 aromatic rings. The van der Waals surface area contributed by atoms with Crippen LogP contribution in [-0.4, -0.2) is 18.2 Å². The number of hydrogen-bond acceptors (Lipinski definition) is 3. The van der Waals surface area contributed by atoms with E-state index >= 15 is 0 Å². The molecule has 0 aromatic heterocycles. The molecule has 0 radical (unpaired) electrons. The number of imide groups is 1. The Hall–Kier alpha value is -1.26. The fourth-order valence-corrected chi connectivity index (χ4v) is 2.52. The molecule has 3 atom stereocenters. The van der Waals surface area contributed by atoms with E-state index in [1.807, 2.05) is 5.32 Å². The highest BCUT2D eigenvalue weighted by atomic mass is 16.6. The molecule has 1 saturated carbocycles. The Morgan fingerprint density at radius 3 is 2.53 bits per heavy atom. The fraction of sp³-hybridized carbons (Fsp3) is 0.833. The first-order valence-corrected chi connectivity index (χ1v) is 6.17. The van der Waals surface area contributed by atoms with Gasteiger partial charge in [-0.05, 0) is 30.6 Å². The van der Waals surface area contributed by atoms with E-state index in [4.69, 9.17) is 10.5 Å². The van der Waals surface area contributed by atoms with E-state index in [-0.39, 0.29) is 6.10 Å². The van der Waals surface area contributed by atoms with Crippen molar-refractivity contribution < 1.29 is 14.3 Å². The number of nitrogens with one attached hydrogen (secondary N) is 1. The Kier molecular flexibility index (Phi) is 4.78. The molecule has 5 nitrogen and oxygen atoms in total. The summed E-state index contributed by atoms with van der Waals surface area (Å²) in [6.07, 6.45) is 2.24. The molecule has 1 aliphatic carbocycles. The van der Waals surface area contributed by atoms with Gasteiger partial charge in [0.05, 0.1) is 0 Å². The number of urea groups is 1. The van der Waals surface area contributed by atoms with Gasteiger partial charge in [-0.1, -0.05) is 27.2 Å². The largest absolute Gasteiger partial charge is 0.446 e. The molecular formula is C12H22N2O3. The molecule has 0 bridgehead atoms. The molecule has 1 rings (SSSR count). The number of amides is 3. The van der Waals surface area contributed by atoms with Crippen molar-refractivity contribution in [1.82, 2.24) is 5.32 Å². The molecule has 1 aliphatic rings. The first-order valence-electron chi connectivity index (χ1n) is 6.17. The van der Waals surface area contributed by atoms with Crippen molar-refractivity contribution in [1.29, 1.82) is 0 Å². The molecule has 0 aromatic carbocycles. The van der Waals surface area contributed by atoms with Gasteiger partial charge in [-0.2, -0.15) is 0 Å². The van der Waals surface area contributed by atoms with Crippen LogP contribution < -0.4 is 11.1 Å². The molecule has 0 spiro atoms. The highest BCUT2D eigenvalue weighted by molar-refractivity contribution is 5.89. The second-order valence-corrected chi connectivity index (χ2v) is 5.26. The standard InChI is InChI=1S/C12H22N2O3/c1-7(2)9-5-4-8(3)6-10(9)17-12(16)14-11(13)15/h7-10H,4-6H2,1-3H3,(H3,13,14,15,16). The number of carbonyl (C=O) groups excluding carboxylic acids is 2. The summed E-state index contributed by atoms with van der Waals surface area (Å²) in [5.74, 6) is 1.38. The maximum Gasteiger partial charge on any atom is 0.415 e. The summed E-state index contributed by atoms with van der Waals surface area (Å²) >= 11 is 0. The SMILES string of the molecule is CC1CCC(C(C)C)C(OC(=O)NC(N)=O)C1. The van der Waals surface area contributed by atoms with Crippen LogP contribution in [0.3, 0.4) is 0 Å². The van der Waals surface area contributed by atoms with E-state index in [0.29, 0.717) is 17.8 Å². The van der Waals surface area contributed by atoms with Crippen molar-refractivity contribution in [3.05, 3.63) is 0 Å². The van der Waals surface area contributed by atoms with Crippen LogP contribution in [0.1, 0.15) is 40.0 Å². The maximum absolute atomic E-state index is 11.4. The van der Waals surface area contributed by atoms with Crippen LogP contribution >= 0.6 is 0 Å². The van der Waals surface area contributed by atoms with Crippen LogP contribution in [0.5, 0.6) is 0 Å². The van der Waals surface area contributed by atoms with Crippen molar-refractivity contribution in [2.45, 2.75) is 46.1 Å². The summed E-state index contributed by atoms with van der Waals surface area (Å²) in [4.78, 5) is 21.9. The van der Waals surface area contributed by atoms with Gasteiger partial charge < -0.3 is 10.5 Å². The molecular weight excluding hydrogens is 220 g/mol. The van der Waals surface area contributed by atoms with E-state index < -0.39 is 12.1 Å². The molecule has 0 saturated heterocycles. The highest BCUT2D eigenvalue weighted by Gasteiger charge is 2.33. The third-order valence-corrected chi connectivity index (χ3v) is 3.44. The number of hydrogen-bond donors (Lipinski definition) is 2. The Labute approximate surface area is 102 Å². The second kappa shape index (κ2) is 5.89. The Morgan fingerprint density at radius 2 is 2.00 bits per heavy atom. The summed E-state index contributed by atoms with van der Waals surface area (Å²) in [6.45, 7) is 6.41. The van der Waals surface area contributed by atoms with E-state index in [1.165, 1.54) is 6.42 Å².